The molecule has 11 heteroatoms. The van der Waals surface area contributed by atoms with Gasteiger partial charge in [0.25, 0.3) is 0 Å². The Labute approximate surface area is 187 Å². The van der Waals surface area contributed by atoms with Crippen molar-refractivity contribution in [3.05, 3.63) is 35.3 Å². The number of rotatable bonds is 9. The van der Waals surface area contributed by atoms with Crippen molar-refractivity contribution in [2.75, 3.05) is 13.2 Å². The average molecular weight is 471 g/mol. The van der Waals surface area contributed by atoms with Crippen molar-refractivity contribution in [3.63, 3.8) is 0 Å². The van der Waals surface area contributed by atoms with Gasteiger partial charge in [0.2, 0.25) is 11.8 Å². The number of nitrogens with zero attached hydrogens (tertiary/aromatic N) is 3. The molecule has 0 amide bonds. The number of alkyl halides is 4. The van der Waals surface area contributed by atoms with Gasteiger partial charge < -0.3 is 13.9 Å². The summed E-state index contributed by atoms with van der Waals surface area (Å²) in [4.78, 5) is 17.2. The molecule has 0 N–H and O–H groups in total. The molecule has 1 saturated heterocycles. The summed E-state index contributed by atoms with van der Waals surface area (Å²) in [6, 6.07) is 1.08. The van der Waals surface area contributed by atoms with Gasteiger partial charge in [-0.2, -0.15) is 13.2 Å². The standard InChI is InChI=1S/C22H25F4N3O4/c1-12(22(24,25)26)32-18-6-16(27-9-15(18)21(23)10-31-11-21)17(30)8-20(3,7-14-4-5-14)19-29-28-13(2)33-19/h6,9,12,14H,4-5,7-8,10-11H2,1-3H3/t12-,20?/m0/s1. The van der Waals surface area contributed by atoms with E-state index in [4.69, 9.17) is 13.9 Å². The number of halogens is 4. The van der Waals surface area contributed by atoms with Gasteiger partial charge in [-0.05, 0) is 19.3 Å². The number of ether oxygens (including phenoxy) is 2. The zero-order valence-electron chi connectivity index (χ0n) is 18.5. The zero-order chi connectivity index (χ0) is 24.0. The van der Waals surface area contributed by atoms with E-state index < -0.39 is 29.1 Å². The summed E-state index contributed by atoms with van der Waals surface area (Å²) in [6.07, 6.45) is -3.12. The Hall–Kier alpha value is -2.56. The fourth-order valence-electron chi connectivity index (χ4n) is 3.90. The first-order chi connectivity index (χ1) is 15.4. The van der Waals surface area contributed by atoms with Gasteiger partial charge in [0, 0.05) is 25.6 Å². The highest BCUT2D eigenvalue weighted by Gasteiger charge is 2.46. The lowest BCUT2D eigenvalue weighted by atomic mass is 9.79. The summed E-state index contributed by atoms with van der Waals surface area (Å²) in [5, 5.41) is 7.95. The van der Waals surface area contributed by atoms with Crippen LogP contribution in [0, 0.1) is 12.8 Å². The third kappa shape index (κ3) is 5.02. The second-order valence-corrected chi connectivity index (χ2v) is 9.26. The highest BCUT2D eigenvalue weighted by molar-refractivity contribution is 5.95. The number of hydrogen-bond acceptors (Lipinski definition) is 7. The van der Waals surface area contributed by atoms with Crippen LogP contribution in [0.3, 0.4) is 0 Å². The van der Waals surface area contributed by atoms with Gasteiger partial charge in [-0.3, -0.25) is 9.78 Å². The minimum Gasteiger partial charge on any atom is -0.481 e. The first-order valence-electron chi connectivity index (χ1n) is 10.7. The van der Waals surface area contributed by atoms with Crippen molar-refractivity contribution in [3.8, 4) is 5.75 Å². The summed E-state index contributed by atoms with van der Waals surface area (Å²) < 4.78 is 69.9. The largest absolute Gasteiger partial charge is 0.481 e. The van der Waals surface area contributed by atoms with Gasteiger partial charge in [-0.1, -0.05) is 19.8 Å². The van der Waals surface area contributed by atoms with Gasteiger partial charge in [0.05, 0.1) is 24.2 Å². The van der Waals surface area contributed by atoms with Gasteiger partial charge in [-0.15, -0.1) is 10.2 Å². The Kier molecular flexibility index (Phi) is 5.96. The van der Waals surface area contributed by atoms with E-state index in [9.17, 15) is 22.4 Å². The monoisotopic (exact) mass is 471 g/mol. The lowest BCUT2D eigenvalue weighted by Crippen LogP contribution is -2.43. The van der Waals surface area contributed by atoms with Crippen molar-refractivity contribution in [1.29, 1.82) is 0 Å². The quantitative estimate of drug-likeness (QED) is 0.389. The fraction of sp³-hybridized carbons (Fsp3) is 0.636. The number of ketones is 1. The average Bonchev–Trinajstić information content (AvgIpc) is 3.40. The highest BCUT2D eigenvalue weighted by atomic mass is 19.4. The maximum absolute atomic E-state index is 15.0. The first kappa shape index (κ1) is 23.6. The molecule has 0 radical (unpaired) electrons. The predicted molar refractivity (Wildman–Crippen MR) is 107 cm³/mol. The summed E-state index contributed by atoms with van der Waals surface area (Å²) in [6.45, 7) is 3.66. The molecular weight excluding hydrogens is 446 g/mol. The summed E-state index contributed by atoms with van der Waals surface area (Å²) in [5.41, 5.74) is -3.07. The van der Waals surface area contributed by atoms with Gasteiger partial charge in [-0.25, -0.2) is 4.39 Å². The third-order valence-electron chi connectivity index (χ3n) is 6.09. The van der Waals surface area contributed by atoms with Crippen LogP contribution in [0.15, 0.2) is 16.7 Å². The van der Waals surface area contributed by atoms with Gasteiger partial charge in [0.1, 0.15) is 11.4 Å². The molecule has 1 aliphatic heterocycles. The number of carbonyl (C=O) groups excluding carboxylic acids is 1. The molecule has 3 heterocycles. The third-order valence-corrected chi connectivity index (χ3v) is 6.09. The van der Waals surface area contributed by atoms with Crippen LogP contribution in [0.5, 0.6) is 5.75 Å². The molecule has 33 heavy (non-hydrogen) atoms. The normalized spacial score (nSPS) is 20.6. The molecule has 4 rings (SSSR count). The summed E-state index contributed by atoms with van der Waals surface area (Å²) >= 11 is 0. The van der Waals surface area contributed by atoms with E-state index in [2.05, 4.69) is 15.2 Å². The number of aryl methyl sites for hydroxylation is 1. The van der Waals surface area contributed by atoms with Crippen molar-refractivity contribution in [2.24, 2.45) is 5.92 Å². The van der Waals surface area contributed by atoms with E-state index in [-0.39, 0.29) is 36.6 Å². The topological polar surface area (TPSA) is 87.3 Å². The summed E-state index contributed by atoms with van der Waals surface area (Å²) in [5.74, 6) is 0.314. The molecule has 1 unspecified atom stereocenters. The Morgan fingerprint density at radius 3 is 2.52 bits per heavy atom. The van der Waals surface area contributed by atoms with E-state index in [1.54, 1.807) is 6.92 Å². The fourth-order valence-corrected chi connectivity index (χ4v) is 3.90. The molecule has 2 aromatic rings. The second kappa shape index (κ2) is 8.34. The smallest absolute Gasteiger partial charge is 0.425 e. The highest BCUT2D eigenvalue weighted by Crippen LogP contribution is 2.44. The van der Waals surface area contributed by atoms with Crippen molar-refractivity contribution in [2.45, 2.75) is 69.8 Å². The molecule has 1 aliphatic carbocycles. The lowest BCUT2D eigenvalue weighted by Gasteiger charge is -2.35. The van der Waals surface area contributed by atoms with Crippen LogP contribution in [0.2, 0.25) is 0 Å². The van der Waals surface area contributed by atoms with Crippen LogP contribution < -0.4 is 4.74 Å². The number of hydrogen-bond donors (Lipinski definition) is 0. The van der Waals surface area contributed by atoms with E-state index >= 15 is 0 Å². The number of Topliss-reactive ketones (excluding diaryl/α,β-unsaturated/α-hetero) is 1. The number of pyridine rings is 1. The van der Waals surface area contributed by atoms with E-state index in [0.29, 0.717) is 24.1 Å². The molecule has 0 aromatic carbocycles. The van der Waals surface area contributed by atoms with Crippen LogP contribution in [0.1, 0.15) is 67.4 Å². The van der Waals surface area contributed by atoms with Crippen molar-refractivity contribution < 1.29 is 36.2 Å². The van der Waals surface area contributed by atoms with Gasteiger partial charge in [0.15, 0.2) is 17.6 Å². The Bertz CT molecular complexity index is 1030. The van der Waals surface area contributed by atoms with Crippen molar-refractivity contribution >= 4 is 5.78 Å². The minimum absolute atomic E-state index is 0.0460. The molecule has 1 saturated carbocycles. The molecule has 0 spiro atoms. The van der Waals surface area contributed by atoms with E-state index in [1.807, 2.05) is 6.92 Å². The molecule has 7 nitrogen and oxygen atoms in total. The number of aromatic nitrogens is 3. The van der Waals surface area contributed by atoms with E-state index in [0.717, 1.165) is 32.0 Å². The van der Waals surface area contributed by atoms with E-state index in [1.165, 1.54) is 0 Å². The Balaban J connectivity index is 1.63. The molecule has 2 aromatic heterocycles. The molecule has 2 atom stereocenters. The van der Waals surface area contributed by atoms with Crippen LogP contribution in [-0.2, 0) is 15.8 Å². The molecular formula is C22H25F4N3O4. The minimum atomic E-state index is -4.66. The lowest BCUT2D eigenvalue weighted by molar-refractivity contribution is -0.190. The Morgan fingerprint density at radius 2 is 2.00 bits per heavy atom. The zero-order valence-corrected chi connectivity index (χ0v) is 18.5. The second-order valence-electron chi connectivity index (χ2n) is 9.26. The van der Waals surface area contributed by atoms with Crippen LogP contribution in [0.25, 0.3) is 0 Å². The molecule has 2 aliphatic rings. The molecule has 180 valence electrons. The molecule has 0 bridgehead atoms. The maximum Gasteiger partial charge on any atom is 0.425 e. The SMILES string of the molecule is Cc1nnc(C(C)(CC(=O)c2cc(O[C@@H](C)C(F)(F)F)c(C3(F)COC3)cn2)CC2CC2)o1. The maximum atomic E-state index is 15.0. The number of carbonyl (C=O) groups is 1. The first-order valence-corrected chi connectivity index (χ1v) is 10.7. The van der Waals surface area contributed by atoms with Crippen LogP contribution >= 0.6 is 0 Å². The molecule has 2 fully saturated rings. The Morgan fingerprint density at radius 1 is 1.30 bits per heavy atom. The van der Waals surface area contributed by atoms with Gasteiger partial charge >= 0.3 is 6.18 Å². The van der Waals surface area contributed by atoms with Crippen LogP contribution in [-0.4, -0.2) is 46.5 Å². The predicted octanol–water partition coefficient (Wildman–Crippen LogP) is 4.63. The summed E-state index contributed by atoms with van der Waals surface area (Å²) in [7, 11) is 0. The van der Waals surface area contributed by atoms with Crippen molar-refractivity contribution in [1.82, 2.24) is 15.2 Å². The van der Waals surface area contributed by atoms with Crippen LogP contribution in [0.4, 0.5) is 17.6 Å².